The lowest BCUT2D eigenvalue weighted by Gasteiger charge is -2.12. The minimum atomic E-state index is -0.531. The highest BCUT2D eigenvalue weighted by Gasteiger charge is 2.17. The van der Waals surface area contributed by atoms with E-state index in [-0.39, 0.29) is 17.2 Å². The molecule has 0 fully saturated rings. The number of hydrogen-bond donors (Lipinski definition) is 2. The molecular weight excluding hydrogens is 382 g/mol. The van der Waals surface area contributed by atoms with E-state index in [0.29, 0.717) is 23.4 Å². The highest BCUT2D eigenvalue weighted by molar-refractivity contribution is 6.09. The van der Waals surface area contributed by atoms with E-state index < -0.39 is 10.8 Å². The third-order valence-corrected chi connectivity index (χ3v) is 4.66. The molecule has 2 amide bonds. The van der Waals surface area contributed by atoms with Gasteiger partial charge in [0.25, 0.3) is 17.5 Å². The van der Waals surface area contributed by atoms with Gasteiger partial charge in [0.2, 0.25) is 0 Å². The van der Waals surface area contributed by atoms with E-state index in [1.165, 1.54) is 18.2 Å². The van der Waals surface area contributed by atoms with Crippen LogP contribution in [-0.4, -0.2) is 16.7 Å². The van der Waals surface area contributed by atoms with E-state index in [1.807, 2.05) is 31.2 Å². The lowest BCUT2D eigenvalue weighted by atomic mass is 10.1. The Bertz CT molecular complexity index is 1110. The number of para-hydroxylation sites is 1. The summed E-state index contributed by atoms with van der Waals surface area (Å²) >= 11 is 0. The van der Waals surface area contributed by atoms with Crippen molar-refractivity contribution >= 4 is 23.2 Å². The largest absolute Gasteiger partial charge is 0.348 e. The van der Waals surface area contributed by atoms with Crippen LogP contribution >= 0.6 is 0 Å². The van der Waals surface area contributed by atoms with Crippen LogP contribution in [0.25, 0.3) is 0 Å². The molecule has 152 valence electrons. The van der Waals surface area contributed by atoms with Crippen LogP contribution in [0.3, 0.4) is 0 Å². The Balaban J connectivity index is 1.75. The molecule has 0 aliphatic rings. The quantitative estimate of drug-likeness (QED) is 0.471. The minimum absolute atomic E-state index is 0.133. The van der Waals surface area contributed by atoms with Gasteiger partial charge < -0.3 is 10.6 Å². The molecule has 0 bridgehead atoms. The van der Waals surface area contributed by atoms with Gasteiger partial charge in [-0.05, 0) is 37.6 Å². The van der Waals surface area contributed by atoms with Crippen LogP contribution in [0.1, 0.15) is 37.4 Å². The number of nitrogens with zero attached hydrogens (tertiary/aromatic N) is 1. The van der Waals surface area contributed by atoms with Crippen molar-refractivity contribution in [2.24, 2.45) is 0 Å². The minimum Gasteiger partial charge on any atom is -0.348 e. The van der Waals surface area contributed by atoms with Crippen LogP contribution < -0.4 is 10.6 Å². The molecule has 0 saturated heterocycles. The van der Waals surface area contributed by atoms with Crippen molar-refractivity contribution in [1.29, 1.82) is 0 Å². The van der Waals surface area contributed by atoms with Crippen molar-refractivity contribution in [3.63, 3.8) is 0 Å². The molecule has 30 heavy (non-hydrogen) atoms. The van der Waals surface area contributed by atoms with Crippen molar-refractivity contribution < 1.29 is 14.5 Å². The summed E-state index contributed by atoms with van der Waals surface area (Å²) < 4.78 is 0. The molecule has 7 heteroatoms. The fourth-order valence-electron chi connectivity index (χ4n) is 2.92. The number of rotatable bonds is 6. The summed E-state index contributed by atoms with van der Waals surface area (Å²) in [6, 6.07) is 18.7. The number of nitrogens with one attached hydrogen (secondary N) is 2. The Morgan fingerprint density at radius 2 is 1.63 bits per heavy atom. The van der Waals surface area contributed by atoms with Gasteiger partial charge in [-0.1, -0.05) is 48.0 Å². The van der Waals surface area contributed by atoms with Crippen molar-refractivity contribution in [3.05, 3.63) is 105 Å². The number of hydrogen-bond acceptors (Lipinski definition) is 4. The number of amides is 2. The molecule has 3 rings (SSSR count). The van der Waals surface area contributed by atoms with Gasteiger partial charge in [-0.2, -0.15) is 0 Å². The maximum atomic E-state index is 12.7. The summed E-state index contributed by atoms with van der Waals surface area (Å²) in [7, 11) is 0. The molecular formula is C23H21N3O4. The zero-order valence-corrected chi connectivity index (χ0v) is 16.6. The number of nitro groups is 1. The third kappa shape index (κ3) is 4.88. The van der Waals surface area contributed by atoms with Crippen molar-refractivity contribution in [2.75, 3.05) is 5.32 Å². The first-order valence-electron chi connectivity index (χ1n) is 9.34. The number of nitro benzene ring substituents is 1. The second kappa shape index (κ2) is 9.00. The smallest absolute Gasteiger partial charge is 0.273 e. The summed E-state index contributed by atoms with van der Waals surface area (Å²) in [4.78, 5) is 35.9. The van der Waals surface area contributed by atoms with Gasteiger partial charge in [-0.25, -0.2) is 0 Å². The summed E-state index contributed by atoms with van der Waals surface area (Å²) in [6.45, 7) is 3.95. The molecule has 0 aromatic heterocycles. The van der Waals surface area contributed by atoms with Gasteiger partial charge in [-0.3, -0.25) is 19.7 Å². The molecule has 7 nitrogen and oxygen atoms in total. The van der Waals surface area contributed by atoms with Gasteiger partial charge in [-0.15, -0.1) is 0 Å². The maximum Gasteiger partial charge on any atom is 0.273 e. The molecule has 3 aromatic rings. The summed E-state index contributed by atoms with van der Waals surface area (Å²) in [5, 5.41) is 16.6. The number of anilines is 1. The predicted octanol–water partition coefficient (Wildman–Crippen LogP) is 4.39. The second-order valence-corrected chi connectivity index (χ2v) is 6.93. The van der Waals surface area contributed by atoms with E-state index in [1.54, 1.807) is 31.2 Å². The number of aryl methyl sites for hydroxylation is 2. The van der Waals surface area contributed by atoms with Gasteiger partial charge in [0, 0.05) is 23.7 Å². The number of carbonyl (C=O) groups excluding carboxylic acids is 2. The number of carbonyl (C=O) groups is 2. The van der Waals surface area contributed by atoms with E-state index in [4.69, 9.17) is 0 Å². The first-order chi connectivity index (χ1) is 14.3. The molecule has 0 saturated carbocycles. The van der Waals surface area contributed by atoms with Crippen molar-refractivity contribution in [2.45, 2.75) is 20.4 Å². The molecule has 0 atom stereocenters. The average Bonchev–Trinajstić information content (AvgIpc) is 2.73. The first-order valence-corrected chi connectivity index (χ1v) is 9.34. The third-order valence-electron chi connectivity index (χ3n) is 4.66. The summed E-state index contributed by atoms with van der Waals surface area (Å²) in [5.74, 6) is -0.863. The van der Waals surface area contributed by atoms with Gasteiger partial charge >= 0.3 is 0 Å². The Hall–Kier alpha value is -4.00. The molecule has 0 aliphatic heterocycles. The van der Waals surface area contributed by atoms with E-state index in [2.05, 4.69) is 10.6 Å². The van der Waals surface area contributed by atoms with Crippen LogP contribution in [0.5, 0.6) is 0 Å². The fourth-order valence-corrected chi connectivity index (χ4v) is 2.92. The lowest BCUT2D eigenvalue weighted by Crippen LogP contribution is -2.25. The van der Waals surface area contributed by atoms with E-state index >= 15 is 0 Å². The van der Waals surface area contributed by atoms with Gasteiger partial charge in [0.1, 0.15) is 0 Å². The summed E-state index contributed by atoms with van der Waals surface area (Å²) in [6.07, 6.45) is 0. The SMILES string of the molecule is Cc1ccc(CNC(=O)c2ccccc2NC(=O)c2ccc(C)c([N+](=O)[O-])c2)cc1. The van der Waals surface area contributed by atoms with E-state index in [0.717, 1.165) is 11.1 Å². The fraction of sp³-hybridized carbons (Fsp3) is 0.130. The maximum absolute atomic E-state index is 12.7. The first kappa shape index (κ1) is 20.7. The monoisotopic (exact) mass is 403 g/mol. The highest BCUT2D eigenvalue weighted by Crippen LogP contribution is 2.21. The van der Waals surface area contributed by atoms with Crippen LogP contribution in [0.15, 0.2) is 66.7 Å². The van der Waals surface area contributed by atoms with Crippen molar-refractivity contribution in [1.82, 2.24) is 5.32 Å². The number of benzene rings is 3. The molecule has 0 unspecified atom stereocenters. The standard InChI is InChI=1S/C23H21N3O4/c1-15-7-10-17(11-8-15)14-24-23(28)19-5-3-4-6-20(19)25-22(27)18-12-9-16(2)21(13-18)26(29)30/h3-13H,14H2,1-2H3,(H,24,28)(H,25,27). The highest BCUT2D eigenvalue weighted by atomic mass is 16.6. The van der Waals surface area contributed by atoms with Crippen LogP contribution in [0, 0.1) is 24.0 Å². The Morgan fingerprint density at radius 1 is 0.933 bits per heavy atom. The molecule has 0 spiro atoms. The molecule has 0 radical (unpaired) electrons. The Morgan fingerprint density at radius 3 is 2.33 bits per heavy atom. The van der Waals surface area contributed by atoms with Crippen LogP contribution in [0.2, 0.25) is 0 Å². The van der Waals surface area contributed by atoms with Gasteiger partial charge in [0.15, 0.2) is 0 Å². The molecule has 0 heterocycles. The van der Waals surface area contributed by atoms with Crippen LogP contribution in [0.4, 0.5) is 11.4 Å². The van der Waals surface area contributed by atoms with Crippen molar-refractivity contribution in [3.8, 4) is 0 Å². The zero-order chi connectivity index (χ0) is 21.7. The normalized spacial score (nSPS) is 10.3. The Labute approximate surface area is 173 Å². The predicted molar refractivity (Wildman–Crippen MR) is 115 cm³/mol. The average molecular weight is 403 g/mol. The lowest BCUT2D eigenvalue weighted by molar-refractivity contribution is -0.385. The van der Waals surface area contributed by atoms with Crippen LogP contribution in [-0.2, 0) is 6.54 Å². The summed E-state index contributed by atoms with van der Waals surface area (Å²) in [5.41, 5.74) is 3.20. The topological polar surface area (TPSA) is 101 Å². The molecule has 0 aliphatic carbocycles. The molecule has 2 N–H and O–H groups in total. The van der Waals surface area contributed by atoms with Gasteiger partial charge in [0.05, 0.1) is 16.2 Å². The molecule has 3 aromatic carbocycles. The second-order valence-electron chi connectivity index (χ2n) is 6.93. The zero-order valence-electron chi connectivity index (χ0n) is 16.6. The van der Waals surface area contributed by atoms with E-state index in [9.17, 15) is 19.7 Å². The Kier molecular flexibility index (Phi) is 6.22.